The Morgan fingerprint density at radius 2 is 2.06 bits per heavy atom. The minimum Gasteiger partial charge on any atom is -0.388 e. The van der Waals surface area contributed by atoms with Gasteiger partial charge in [-0.15, -0.1) is 0 Å². The van der Waals surface area contributed by atoms with Gasteiger partial charge in [0.15, 0.2) is 0 Å². The van der Waals surface area contributed by atoms with Crippen LogP contribution < -0.4 is 10.6 Å². The first-order valence-corrected chi connectivity index (χ1v) is 6.13. The maximum atomic E-state index is 11.4. The summed E-state index contributed by atoms with van der Waals surface area (Å²) in [5.41, 5.74) is -0.791. The number of rotatable bonds is 8. The van der Waals surface area contributed by atoms with Crippen molar-refractivity contribution in [2.24, 2.45) is 0 Å². The van der Waals surface area contributed by atoms with Gasteiger partial charge in [0.25, 0.3) is 0 Å². The van der Waals surface area contributed by atoms with Crippen LogP contribution in [0.2, 0.25) is 0 Å². The maximum Gasteiger partial charge on any atom is 0.234 e. The van der Waals surface area contributed by atoms with Crippen molar-refractivity contribution in [2.75, 3.05) is 13.1 Å². The topological polar surface area (TPSA) is 61.4 Å². The monoisotopic (exact) mass is 230 g/mol. The van der Waals surface area contributed by atoms with Gasteiger partial charge in [-0.25, -0.2) is 0 Å². The molecule has 0 rings (SSSR count). The lowest BCUT2D eigenvalue weighted by Crippen LogP contribution is -2.44. The van der Waals surface area contributed by atoms with E-state index in [1.165, 1.54) is 0 Å². The van der Waals surface area contributed by atoms with Gasteiger partial charge in [0.2, 0.25) is 5.91 Å². The number of carbonyl (C=O) groups is 1. The standard InChI is InChI=1S/C12H26N2O2/c1-5-7-12(4,16)9-14-11(15)8-13-10(3)6-2/h10,13,16H,5-9H2,1-4H3,(H,14,15). The lowest BCUT2D eigenvalue weighted by Gasteiger charge is -2.23. The van der Waals surface area contributed by atoms with Crippen LogP contribution in [0.1, 0.15) is 47.0 Å². The molecule has 0 aliphatic rings. The number of nitrogens with one attached hydrogen (secondary N) is 2. The first-order valence-electron chi connectivity index (χ1n) is 6.13. The van der Waals surface area contributed by atoms with Crippen LogP contribution in [-0.2, 0) is 4.79 Å². The number of amides is 1. The molecule has 3 N–H and O–H groups in total. The molecule has 0 aromatic carbocycles. The summed E-state index contributed by atoms with van der Waals surface area (Å²) in [7, 11) is 0. The maximum absolute atomic E-state index is 11.4. The predicted octanol–water partition coefficient (Wildman–Crippen LogP) is 1.04. The molecule has 0 aliphatic heterocycles. The quantitative estimate of drug-likeness (QED) is 0.584. The lowest BCUT2D eigenvalue weighted by molar-refractivity contribution is -0.121. The van der Waals surface area contributed by atoms with Crippen LogP contribution in [0, 0.1) is 0 Å². The van der Waals surface area contributed by atoms with Crippen molar-refractivity contribution in [3.05, 3.63) is 0 Å². The minimum absolute atomic E-state index is 0.0586. The molecule has 0 radical (unpaired) electrons. The van der Waals surface area contributed by atoms with Gasteiger partial charge in [-0.2, -0.15) is 0 Å². The van der Waals surface area contributed by atoms with E-state index >= 15 is 0 Å². The van der Waals surface area contributed by atoms with Gasteiger partial charge < -0.3 is 15.7 Å². The second-order valence-electron chi connectivity index (χ2n) is 4.71. The van der Waals surface area contributed by atoms with E-state index in [1.54, 1.807) is 6.92 Å². The fraction of sp³-hybridized carbons (Fsp3) is 0.917. The van der Waals surface area contributed by atoms with Crippen molar-refractivity contribution in [1.29, 1.82) is 0 Å². The zero-order valence-corrected chi connectivity index (χ0v) is 11.0. The van der Waals surface area contributed by atoms with E-state index in [0.717, 1.165) is 12.8 Å². The summed E-state index contributed by atoms with van der Waals surface area (Å²) in [4.78, 5) is 11.4. The summed E-state index contributed by atoms with van der Waals surface area (Å²) >= 11 is 0. The summed E-state index contributed by atoms with van der Waals surface area (Å²) in [6.45, 7) is 8.51. The fourth-order valence-corrected chi connectivity index (χ4v) is 1.39. The molecule has 0 aromatic heterocycles. The van der Waals surface area contributed by atoms with Gasteiger partial charge >= 0.3 is 0 Å². The Labute approximate surface area is 98.8 Å². The summed E-state index contributed by atoms with van der Waals surface area (Å²) in [5, 5.41) is 15.7. The van der Waals surface area contributed by atoms with Crippen LogP contribution in [0.4, 0.5) is 0 Å². The Kier molecular flexibility index (Phi) is 7.34. The summed E-state index contributed by atoms with van der Waals surface area (Å²) in [6.07, 6.45) is 2.61. The Balaban J connectivity index is 3.72. The molecule has 16 heavy (non-hydrogen) atoms. The molecule has 2 unspecified atom stereocenters. The summed E-state index contributed by atoms with van der Waals surface area (Å²) in [5.74, 6) is -0.0586. The number of hydrogen-bond acceptors (Lipinski definition) is 3. The Morgan fingerprint density at radius 3 is 2.56 bits per heavy atom. The van der Waals surface area contributed by atoms with E-state index in [1.807, 2.05) is 13.8 Å². The number of hydrogen-bond donors (Lipinski definition) is 3. The highest BCUT2D eigenvalue weighted by Crippen LogP contribution is 2.09. The molecule has 0 heterocycles. The highest BCUT2D eigenvalue weighted by atomic mass is 16.3. The molecule has 0 aromatic rings. The molecular weight excluding hydrogens is 204 g/mol. The number of carbonyl (C=O) groups excluding carboxylic acids is 1. The van der Waals surface area contributed by atoms with Crippen molar-refractivity contribution in [1.82, 2.24) is 10.6 Å². The number of aliphatic hydroxyl groups is 1. The predicted molar refractivity (Wildman–Crippen MR) is 66.3 cm³/mol. The van der Waals surface area contributed by atoms with Crippen molar-refractivity contribution in [3.8, 4) is 0 Å². The van der Waals surface area contributed by atoms with Crippen LogP contribution in [0.25, 0.3) is 0 Å². The molecule has 4 nitrogen and oxygen atoms in total. The molecule has 0 spiro atoms. The first-order chi connectivity index (χ1) is 7.41. The molecule has 0 saturated carbocycles. The highest BCUT2D eigenvalue weighted by molar-refractivity contribution is 5.78. The van der Waals surface area contributed by atoms with Crippen LogP contribution in [-0.4, -0.2) is 35.7 Å². The van der Waals surface area contributed by atoms with E-state index in [9.17, 15) is 9.90 Å². The van der Waals surface area contributed by atoms with Gasteiger partial charge in [-0.05, 0) is 26.7 Å². The Morgan fingerprint density at radius 1 is 1.44 bits per heavy atom. The van der Waals surface area contributed by atoms with Gasteiger partial charge in [-0.1, -0.05) is 20.3 Å². The summed E-state index contributed by atoms with van der Waals surface area (Å²) < 4.78 is 0. The van der Waals surface area contributed by atoms with Crippen LogP contribution in [0.15, 0.2) is 0 Å². The van der Waals surface area contributed by atoms with E-state index < -0.39 is 5.60 Å². The second-order valence-corrected chi connectivity index (χ2v) is 4.71. The smallest absolute Gasteiger partial charge is 0.234 e. The van der Waals surface area contributed by atoms with E-state index in [0.29, 0.717) is 25.6 Å². The molecule has 4 heteroatoms. The van der Waals surface area contributed by atoms with Crippen molar-refractivity contribution in [3.63, 3.8) is 0 Å². The Hall–Kier alpha value is -0.610. The van der Waals surface area contributed by atoms with Gasteiger partial charge in [0.1, 0.15) is 0 Å². The molecule has 0 fully saturated rings. The molecule has 96 valence electrons. The largest absolute Gasteiger partial charge is 0.388 e. The molecular formula is C12H26N2O2. The normalized spacial score (nSPS) is 16.6. The third kappa shape index (κ3) is 7.65. The van der Waals surface area contributed by atoms with Crippen molar-refractivity contribution < 1.29 is 9.90 Å². The third-order valence-electron chi connectivity index (χ3n) is 2.68. The Bertz CT molecular complexity index is 205. The lowest BCUT2D eigenvalue weighted by atomic mass is 10.0. The highest BCUT2D eigenvalue weighted by Gasteiger charge is 2.19. The van der Waals surface area contributed by atoms with E-state index in [2.05, 4.69) is 17.6 Å². The van der Waals surface area contributed by atoms with Crippen molar-refractivity contribution in [2.45, 2.75) is 58.6 Å². The molecule has 0 aliphatic carbocycles. The third-order valence-corrected chi connectivity index (χ3v) is 2.68. The van der Waals surface area contributed by atoms with Crippen LogP contribution >= 0.6 is 0 Å². The first kappa shape index (κ1) is 15.4. The average Bonchev–Trinajstić information content (AvgIpc) is 2.23. The van der Waals surface area contributed by atoms with Crippen LogP contribution in [0.3, 0.4) is 0 Å². The zero-order valence-electron chi connectivity index (χ0n) is 11.0. The zero-order chi connectivity index (χ0) is 12.6. The second kappa shape index (κ2) is 7.63. The fourth-order valence-electron chi connectivity index (χ4n) is 1.39. The van der Waals surface area contributed by atoms with Gasteiger partial charge in [-0.3, -0.25) is 4.79 Å². The summed E-state index contributed by atoms with van der Waals surface area (Å²) in [6, 6.07) is 0.349. The van der Waals surface area contributed by atoms with Gasteiger partial charge in [0.05, 0.1) is 12.1 Å². The molecule has 2 atom stereocenters. The molecule has 0 saturated heterocycles. The minimum atomic E-state index is -0.791. The average molecular weight is 230 g/mol. The van der Waals surface area contributed by atoms with Crippen LogP contribution in [0.5, 0.6) is 0 Å². The van der Waals surface area contributed by atoms with Crippen molar-refractivity contribution >= 4 is 5.91 Å². The van der Waals surface area contributed by atoms with E-state index in [4.69, 9.17) is 0 Å². The molecule has 0 bridgehead atoms. The SMILES string of the molecule is CCCC(C)(O)CNC(=O)CNC(C)CC. The van der Waals surface area contributed by atoms with E-state index in [-0.39, 0.29) is 5.91 Å². The molecule has 1 amide bonds. The van der Waals surface area contributed by atoms with Gasteiger partial charge in [0, 0.05) is 12.6 Å².